The van der Waals surface area contributed by atoms with Crippen molar-refractivity contribution in [1.82, 2.24) is 25.0 Å². The number of nitrogens with one attached hydrogen (secondary N) is 1. The summed E-state index contributed by atoms with van der Waals surface area (Å²) in [6, 6.07) is 18.3. The van der Waals surface area contributed by atoms with E-state index in [1.54, 1.807) is 4.68 Å². The highest BCUT2D eigenvalue weighted by Crippen LogP contribution is 2.29. The second-order valence-electron chi connectivity index (χ2n) is 7.18. The molecule has 0 radical (unpaired) electrons. The third-order valence-electron chi connectivity index (χ3n) is 5.06. The molecule has 0 spiro atoms. The summed E-state index contributed by atoms with van der Waals surface area (Å²) in [6.07, 6.45) is 7.89. The molecule has 0 atom stereocenters. The molecule has 0 aliphatic carbocycles. The number of rotatable bonds is 6. The summed E-state index contributed by atoms with van der Waals surface area (Å²) in [5, 5.41) is 10.7. The number of allylic oxidation sites excluding steroid dienone is 1. The minimum atomic E-state index is 0.372. The Morgan fingerprint density at radius 2 is 1.97 bits per heavy atom. The van der Waals surface area contributed by atoms with Gasteiger partial charge in [0, 0.05) is 22.5 Å². The van der Waals surface area contributed by atoms with Crippen molar-refractivity contribution in [2.75, 3.05) is 0 Å². The van der Waals surface area contributed by atoms with Gasteiger partial charge in [0.05, 0.1) is 24.0 Å². The van der Waals surface area contributed by atoms with Crippen LogP contribution in [0.4, 0.5) is 0 Å². The summed E-state index contributed by atoms with van der Waals surface area (Å²) in [5.41, 5.74) is 5.09. The number of aryl methyl sites for hydroxylation is 1. The molecule has 0 unspecified atom stereocenters. The average molecular weight is 395 g/mol. The highest BCUT2D eigenvalue weighted by atomic mass is 16.5. The standard InChI is InChI=1S/C24H21N5O/c1-17-24-21(11-12-25-17)22-14-20(9-10-23(22)26-24)30-16-19-15-29(28-27-19)13-5-8-18-6-3-2-4-7-18/h2-12,14-15,26H,13,16H2,1H3/b8-5+. The Labute approximate surface area is 173 Å². The van der Waals surface area contributed by atoms with Gasteiger partial charge in [0.1, 0.15) is 18.1 Å². The molecule has 30 heavy (non-hydrogen) atoms. The van der Waals surface area contributed by atoms with Gasteiger partial charge in [-0.25, -0.2) is 4.68 Å². The van der Waals surface area contributed by atoms with E-state index in [2.05, 4.69) is 50.6 Å². The van der Waals surface area contributed by atoms with Gasteiger partial charge in [0.25, 0.3) is 0 Å². The lowest BCUT2D eigenvalue weighted by Crippen LogP contribution is -1.96. The van der Waals surface area contributed by atoms with E-state index in [-0.39, 0.29) is 0 Å². The highest BCUT2D eigenvalue weighted by molar-refractivity contribution is 6.08. The normalized spacial score (nSPS) is 11.6. The molecule has 0 fully saturated rings. The Bertz CT molecular complexity index is 1330. The summed E-state index contributed by atoms with van der Waals surface area (Å²) in [5.74, 6) is 0.802. The van der Waals surface area contributed by atoms with Crippen molar-refractivity contribution in [2.24, 2.45) is 0 Å². The first kappa shape index (κ1) is 18.1. The van der Waals surface area contributed by atoms with Crippen LogP contribution in [-0.4, -0.2) is 25.0 Å². The summed E-state index contributed by atoms with van der Waals surface area (Å²) in [4.78, 5) is 7.79. The third kappa shape index (κ3) is 3.67. The quantitative estimate of drug-likeness (QED) is 0.444. The molecule has 5 rings (SSSR count). The van der Waals surface area contributed by atoms with Crippen LogP contribution in [0.25, 0.3) is 27.9 Å². The summed E-state index contributed by atoms with van der Waals surface area (Å²) in [6.45, 7) is 3.04. The van der Waals surface area contributed by atoms with Crippen LogP contribution in [0.5, 0.6) is 5.75 Å². The molecule has 1 N–H and O–H groups in total. The first-order chi connectivity index (χ1) is 14.8. The zero-order valence-corrected chi connectivity index (χ0v) is 16.6. The van der Waals surface area contributed by atoms with Gasteiger partial charge >= 0.3 is 0 Å². The number of ether oxygens (including phenoxy) is 1. The van der Waals surface area contributed by atoms with Gasteiger partial charge < -0.3 is 9.72 Å². The van der Waals surface area contributed by atoms with E-state index in [4.69, 9.17) is 4.74 Å². The lowest BCUT2D eigenvalue weighted by atomic mass is 10.1. The molecule has 6 heteroatoms. The number of H-pyrrole nitrogens is 1. The average Bonchev–Trinajstić information content (AvgIpc) is 3.38. The fourth-order valence-corrected chi connectivity index (χ4v) is 3.54. The number of benzene rings is 2. The van der Waals surface area contributed by atoms with Crippen LogP contribution < -0.4 is 4.74 Å². The van der Waals surface area contributed by atoms with E-state index in [0.717, 1.165) is 38.9 Å². The minimum Gasteiger partial charge on any atom is -0.487 e. The van der Waals surface area contributed by atoms with Crippen LogP contribution in [0.1, 0.15) is 17.0 Å². The Kier molecular flexibility index (Phi) is 4.73. The molecule has 2 aromatic carbocycles. The fraction of sp³-hybridized carbons (Fsp3) is 0.125. The van der Waals surface area contributed by atoms with Gasteiger partial charge in [-0.3, -0.25) is 4.98 Å². The SMILES string of the molecule is Cc1nccc2c1[nH]c1ccc(OCc3cn(C/C=C/c4ccccc4)nn3)cc12. The second-order valence-corrected chi connectivity index (χ2v) is 7.18. The zero-order valence-electron chi connectivity index (χ0n) is 16.6. The van der Waals surface area contributed by atoms with E-state index in [1.807, 2.05) is 55.7 Å². The van der Waals surface area contributed by atoms with Gasteiger partial charge in [-0.15, -0.1) is 5.10 Å². The summed E-state index contributed by atoms with van der Waals surface area (Å²) < 4.78 is 7.77. The van der Waals surface area contributed by atoms with Crippen molar-refractivity contribution in [2.45, 2.75) is 20.1 Å². The Balaban J connectivity index is 1.26. The molecule has 6 nitrogen and oxygen atoms in total. The highest BCUT2D eigenvalue weighted by Gasteiger charge is 2.08. The molecule has 148 valence electrons. The van der Waals surface area contributed by atoms with Crippen molar-refractivity contribution in [3.8, 4) is 5.75 Å². The number of aromatic nitrogens is 5. The predicted octanol–water partition coefficient (Wildman–Crippen LogP) is 4.91. The molecule has 0 aliphatic heterocycles. The summed E-state index contributed by atoms with van der Waals surface area (Å²) >= 11 is 0. The molecule has 3 aromatic heterocycles. The van der Waals surface area contributed by atoms with Gasteiger partial charge in [-0.05, 0) is 36.8 Å². The number of pyridine rings is 1. The Morgan fingerprint density at radius 1 is 1.07 bits per heavy atom. The smallest absolute Gasteiger partial charge is 0.134 e. The van der Waals surface area contributed by atoms with Gasteiger partial charge in [-0.1, -0.05) is 47.7 Å². The van der Waals surface area contributed by atoms with Crippen LogP contribution in [-0.2, 0) is 13.2 Å². The van der Waals surface area contributed by atoms with Crippen LogP contribution in [0.2, 0.25) is 0 Å². The van der Waals surface area contributed by atoms with Crippen LogP contribution in [0.3, 0.4) is 0 Å². The van der Waals surface area contributed by atoms with Crippen molar-refractivity contribution in [1.29, 1.82) is 0 Å². The molecular weight excluding hydrogens is 374 g/mol. The zero-order chi connectivity index (χ0) is 20.3. The maximum Gasteiger partial charge on any atom is 0.134 e. The van der Waals surface area contributed by atoms with Crippen molar-refractivity contribution in [3.63, 3.8) is 0 Å². The van der Waals surface area contributed by atoms with Crippen LogP contribution in [0, 0.1) is 6.92 Å². The summed E-state index contributed by atoms with van der Waals surface area (Å²) in [7, 11) is 0. The van der Waals surface area contributed by atoms with Crippen molar-refractivity contribution in [3.05, 3.63) is 90.0 Å². The molecule has 0 aliphatic rings. The first-order valence-electron chi connectivity index (χ1n) is 9.87. The molecular formula is C24H21N5O. The van der Waals surface area contributed by atoms with Gasteiger partial charge in [-0.2, -0.15) is 0 Å². The maximum absolute atomic E-state index is 5.97. The van der Waals surface area contributed by atoms with Gasteiger partial charge in [0.2, 0.25) is 0 Å². The fourth-order valence-electron chi connectivity index (χ4n) is 3.54. The van der Waals surface area contributed by atoms with E-state index in [0.29, 0.717) is 13.2 Å². The largest absolute Gasteiger partial charge is 0.487 e. The van der Waals surface area contributed by atoms with Gasteiger partial charge in [0.15, 0.2) is 0 Å². The van der Waals surface area contributed by atoms with E-state index < -0.39 is 0 Å². The Hall–Kier alpha value is -3.93. The monoisotopic (exact) mass is 395 g/mol. The topological polar surface area (TPSA) is 68.6 Å². The lowest BCUT2D eigenvalue weighted by Gasteiger charge is -2.04. The van der Waals surface area contributed by atoms with E-state index >= 15 is 0 Å². The molecule has 3 heterocycles. The number of nitrogens with zero attached hydrogens (tertiary/aromatic N) is 4. The molecule has 5 aromatic rings. The third-order valence-corrected chi connectivity index (χ3v) is 5.06. The predicted molar refractivity (Wildman–Crippen MR) is 118 cm³/mol. The van der Waals surface area contributed by atoms with Crippen molar-refractivity contribution >= 4 is 27.9 Å². The van der Waals surface area contributed by atoms with E-state index in [1.165, 1.54) is 5.56 Å². The number of hydrogen-bond acceptors (Lipinski definition) is 4. The van der Waals surface area contributed by atoms with Crippen LogP contribution >= 0.6 is 0 Å². The Morgan fingerprint density at radius 3 is 2.87 bits per heavy atom. The number of aromatic amines is 1. The van der Waals surface area contributed by atoms with Crippen molar-refractivity contribution < 1.29 is 4.74 Å². The molecule has 0 saturated heterocycles. The number of fused-ring (bicyclic) bond motifs is 3. The maximum atomic E-state index is 5.97. The molecule has 0 bridgehead atoms. The van der Waals surface area contributed by atoms with E-state index in [9.17, 15) is 0 Å². The number of hydrogen-bond donors (Lipinski definition) is 1. The second kappa shape index (κ2) is 7.83. The molecule has 0 amide bonds. The minimum absolute atomic E-state index is 0.372. The first-order valence-corrected chi connectivity index (χ1v) is 9.87. The lowest BCUT2D eigenvalue weighted by molar-refractivity contribution is 0.301. The molecule has 0 saturated carbocycles. The van der Waals surface area contributed by atoms with Crippen LogP contribution in [0.15, 0.2) is 73.1 Å².